The van der Waals surface area contributed by atoms with Gasteiger partial charge in [0.15, 0.2) is 5.88 Å². The average molecular weight is 402 g/mol. The molecule has 0 aliphatic heterocycles. The normalized spacial score (nSPS) is 11.6. The van der Waals surface area contributed by atoms with Crippen molar-refractivity contribution in [1.82, 2.24) is 4.98 Å². The Hall–Kier alpha value is -3.93. The fourth-order valence-corrected chi connectivity index (χ4v) is 3.36. The number of H-pyrrole nitrogens is 1. The molecule has 0 saturated heterocycles. The van der Waals surface area contributed by atoms with Gasteiger partial charge in [-0.05, 0) is 42.0 Å². The van der Waals surface area contributed by atoms with E-state index in [4.69, 9.17) is 9.73 Å². The van der Waals surface area contributed by atoms with Gasteiger partial charge in [-0.3, -0.25) is 4.79 Å². The van der Waals surface area contributed by atoms with E-state index in [1.165, 1.54) is 19.2 Å². The van der Waals surface area contributed by atoms with Crippen molar-refractivity contribution in [2.75, 3.05) is 7.11 Å². The first-order valence-electron chi connectivity index (χ1n) is 9.35. The Kier molecular flexibility index (Phi) is 5.30. The second-order valence-corrected chi connectivity index (χ2v) is 6.79. The van der Waals surface area contributed by atoms with Crippen LogP contribution in [-0.4, -0.2) is 28.9 Å². The van der Waals surface area contributed by atoms with Gasteiger partial charge in [0.2, 0.25) is 0 Å². The minimum atomic E-state index is -0.406. The van der Waals surface area contributed by atoms with E-state index >= 15 is 0 Å². The highest BCUT2D eigenvalue weighted by Gasteiger charge is 2.19. The number of aliphatic imine (C=N–C) groups is 1. The molecule has 0 saturated carbocycles. The number of aromatic hydroxyl groups is 1. The zero-order valence-electron chi connectivity index (χ0n) is 16.2. The molecule has 3 aromatic carbocycles. The number of ether oxygens (including phenoxy) is 1. The van der Waals surface area contributed by atoms with Crippen molar-refractivity contribution < 1.29 is 19.0 Å². The number of rotatable bonds is 5. The molecule has 0 spiro atoms. The van der Waals surface area contributed by atoms with E-state index in [2.05, 4.69) is 4.98 Å². The maximum absolute atomic E-state index is 13.7. The fraction of sp³-hybridized carbons (Fsp3) is 0.0833. The summed E-state index contributed by atoms with van der Waals surface area (Å²) in [4.78, 5) is 19.3. The van der Waals surface area contributed by atoms with Gasteiger partial charge in [0.25, 0.3) is 0 Å². The van der Waals surface area contributed by atoms with Gasteiger partial charge in [-0.25, -0.2) is 9.38 Å². The summed E-state index contributed by atoms with van der Waals surface area (Å²) in [5.41, 5.74) is 3.59. The molecule has 0 amide bonds. The van der Waals surface area contributed by atoms with Crippen LogP contribution in [0.15, 0.2) is 77.8 Å². The zero-order valence-corrected chi connectivity index (χ0v) is 16.2. The average Bonchev–Trinajstić information content (AvgIpc) is 3.07. The predicted octanol–water partition coefficient (Wildman–Crippen LogP) is 4.90. The topological polar surface area (TPSA) is 74.7 Å². The smallest absolute Gasteiger partial charge is 0.309 e. The largest absolute Gasteiger partial charge is 0.494 e. The molecule has 0 atom stereocenters. The number of methoxy groups -OCH3 is 1. The van der Waals surface area contributed by atoms with E-state index in [-0.39, 0.29) is 18.3 Å². The number of nitrogens with one attached hydrogen (secondary N) is 1. The lowest BCUT2D eigenvalue weighted by Gasteiger charge is -2.10. The second-order valence-electron chi connectivity index (χ2n) is 6.79. The number of fused-ring (bicyclic) bond motifs is 1. The van der Waals surface area contributed by atoms with Crippen LogP contribution in [0.3, 0.4) is 0 Å². The molecule has 0 unspecified atom stereocenters. The Balaban J connectivity index is 1.92. The SMILES string of the molecule is COC(=O)Cc1cccc(C(=Nc2ccccc2)c2c(O)[nH]c3cc(F)ccc23)c1. The molecule has 0 bridgehead atoms. The number of hydrogen-bond acceptors (Lipinski definition) is 4. The Labute approximate surface area is 172 Å². The van der Waals surface area contributed by atoms with Crippen molar-refractivity contribution >= 4 is 28.3 Å². The van der Waals surface area contributed by atoms with Gasteiger partial charge in [0, 0.05) is 10.9 Å². The summed E-state index contributed by atoms with van der Waals surface area (Å²) in [6.45, 7) is 0. The number of para-hydroxylation sites is 1. The Morgan fingerprint density at radius 3 is 2.63 bits per heavy atom. The third kappa shape index (κ3) is 3.93. The summed E-state index contributed by atoms with van der Waals surface area (Å²) in [7, 11) is 1.34. The number of nitrogens with zero attached hydrogens (tertiary/aromatic N) is 1. The number of aromatic nitrogens is 1. The number of halogens is 1. The van der Waals surface area contributed by atoms with Gasteiger partial charge in [-0.1, -0.05) is 36.4 Å². The molecule has 6 heteroatoms. The van der Waals surface area contributed by atoms with Gasteiger partial charge >= 0.3 is 5.97 Å². The van der Waals surface area contributed by atoms with Crippen LogP contribution in [0.1, 0.15) is 16.7 Å². The first-order chi connectivity index (χ1) is 14.5. The third-order valence-corrected chi connectivity index (χ3v) is 4.75. The van der Waals surface area contributed by atoms with Crippen LogP contribution in [-0.2, 0) is 16.0 Å². The van der Waals surface area contributed by atoms with Gasteiger partial charge < -0.3 is 14.8 Å². The van der Waals surface area contributed by atoms with E-state index in [0.717, 1.165) is 5.56 Å². The Morgan fingerprint density at radius 2 is 1.87 bits per heavy atom. The molecule has 150 valence electrons. The number of carbonyl (C=O) groups excluding carboxylic acids is 1. The molecule has 1 heterocycles. The maximum atomic E-state index is 13.7. The Morgan fingerprint density at radius 1 is 1.07 bits per heavy atom. The number of carbonyl (C=O) groups is 1. The molecule has 4 rings (SSSR count). The Bertz CT molecular complexity index is 1250. The van der Waals surface area contributed by atoms with E-state index in [0.29, 0.717) is 33.4 Å². The quantitative estimate of drug-likeness (QED) is 0.368. The minimum Gasteiger partial charge on any atom is -0.494 e. The molecule has 30 heavy (non-hydrogen) atoms. The van der Waals surface area contributed by atoms with Crippen molar-refractivity contribution in [2.24, 2.45) is 4.99 Å². The molecule has 5 nitrogen and oxygen atoms in total. The van der Waals surface area contributed by atoms with E-state index in [9.17, 15) is 14.3 Å². The highest BCUT2D eigenvalue weighted by molar-refractivity contribution is 6.22. The maximum Gasteiger partial charge on any atom is 0.309 e. The molecular formula is C24H19FN2O3. The summed E-state index contributed by atoms with van der Waals surface area (Å²) in [6.07, 6.45) is 0.119. The van der Waals surface area contributed by atoms with Gasteiger partial charge in [-0.2, -0.15) is 0 Å². The summed E-state index contributed by atoms with van der Waals surface area (Å²) in [5, 5.41) is 11.3. The number of aromatic amines is 1. The molecule has 1 aromatic heterocycles. The second kappa shape index (κ2) is 8.21. The lowest BCUT2D eigenvalue weighted by Crippen LogP contribution is -2.07. The number of hydrogen-bond donors (Lipinski definition) is 2. The number of benzene rings is 3. The fourth-order valence-electron chi connectivity index (χ4n) is 3.36. The van der Waals surface area contributed by atoms with Crippen LogP contribution < -0.4 is 0 Å². The minimum absolute atomic E-state index is 0.108. The first kappa shape index (κ1) is 19.4. The molecule has 0 aliphatic rings. The van der Waals surface area contributed by atoms with E-state index in [1.54, 1.807) is 6.07 Å². The summed E-state index contributed by atoms with van der Waals surface area (Å²) < 4.78 is 18.4. The van der Waals surface area contributed by atoms with Crippen molar-refractivity contribution in [1.29, 1.82) is 0 Å². The molecule has 0 aliphatic carbocycles. The van der Waals surface area contributed by atoms with Gasteiger partial charge in [-0.15, -0.1) is 0 Å². The van der Waals surface area contributed by atoms with Crippen molar-refractivity contribution in [3.63, 3.8) is 0 Å². The van der Waals surface area contributed by atoms with Crippen LogP contribution in [0.5, 0.6) is 5.88 Å². The van der Waals surface area contributed by atoms with Crippen molar-refractivity contribution in [3.05, 3.63) is 95.3 Å². The lowest BCUT2D eigenvalue weighted by atomic mass is 9.98. The molecule has 2 N–H and O–H groups in total. The lowest BCUT2D eigenvalue weighted by molar-refractivity contribution is -0.139. The van der Waals surface area contributed by atoms with E-state index in [1.807, 2.05) is 54.6 Å². The van der Waals surface area contributed by atoms with E-state index < -0.39 is 5.82 Å². The van der Waals surface area contributed by atoms with Gasteiger partial charge in [0.05, 0.1) is 36.0 Å². The van der Waals surface area contributed by atoms with Crippen molar-refractivity contribution in [2.45, 2.75) is 6.42 Å². The van der Waals surface area contributed by atoms with Crippen LogP contribution in [0, 0.1) is 5.82 Å². The third-order valence-electron chi connectivity index (χ3n) is 4.75. The summed E-state index contributed by atoms with van der Waals surface area (Å²) in [5.74, 6) is -0.861. The number of esters is 1. The highest BCUT2D eigenvalue weighted by Crippen LogP contribution is 2.32. The standard InChI is InChI=1S/C24H19FN2O3/c1-30-21(28)13-15-6-5-7-16(12-15)23(26-18-8-3-2-4-9-18)22-19-11-10-17(25)14-20(19)27-24(22)29/h2-12,14,27,29H,13H2,1H3. The summed E-state index contributed by atoms with van der Waals surface area (Å²) in [6, 6.07) is 20.9. The van der Waals surface area contributed by atoms with Gasteiger partial charge in [0.1, 0.15) is 5.82 Å². The first-order valence-corrected chi connectivity index (χ1v) is 9.35. The molecule has 0 fully saturated rings. The summed E-state index contributed by atoms with van der Waals surface area (Å²) >= 11 is 0. The highest BCUT2D eigenvalue weighted by atomic mass is 19.1. The zero-order chi connectivity index (χ0) is 21.1. The van der Waals surface area contributed by atoms with Crippen molar-refractivity contribution in [3.8, 4) is 5.88 Å². The molecular weight excluding hydrogens is 383 g/mol. The van der Waals surface area contributed by atoms with Crippen LogP contribution in [0.25, 0.3) is 10.9 Å². The molecule has 0 radical (unpaired) electrons. The molecule has 4 aromatic rings. The monoisotopic (exact) mass is 402 g/mol. The van der Waals surface area contributed by atoms with Crippen LogP contribution in [0.4, 0.5) is 10.1 Å². The predicted molar refractivity (Wildman–Crippen MR) is 114 cm³/mol. The van der Waals surface area contributed by atoms with Crippen LogP contribution >= 0.6 is 0 Å². The van der Waals surface area contributed by atoms with Crippen LogP contribution in [0.2, 0.25) is 0 Å².